The van der Waals surface area contributed by atoms with Gasteiger partial charge >= 0.3 is 0 Å². The third-order valence-corrected chi connectivity index (χ3v) is 2.03. The Morgan fingerprint density at radius 3 is 3.08 bits per heavy atom. The first kappa shape index (κ1) is 8.51. The normalized spacial score (nSPS) is 10.9. The van der Waals surface area contributed by atoms with Crippen molar-refractivity contribution >= 4 is 22.6 Å². The molecule has 0 N–H and O–H groups in total. The van der Waals surface area contributed by atoms with Gasteiger partial charge in [-0.05, 0) is 18.2 Å². The van der Waals surface area contributed by atoms with Crippen LogP contribution in [0.25, 0.3) is 11.0 Å². The van der Waals surface area contributed by atoms with Crippen molar-refractivity contribution in [3.8, 4) is 0 Å². The van der Waals surface area contributed by atoms with Gasteiger partial charge in [0.25, 0.3) is 0 Å². The van der Waals surface area contributed by atoms with Gasteiger partial charge < -0.3 is 4.52 Å². The molecule has 2 aromatic rings. The molecule has 1 heterocycles. The third-order valence-electron chi connectivity index (χ3n) is 1.84. The van der Waals surface area contributed by atoms with Gasteiger partial charge in [0.1, 0.15) is 5.82 Å². The van der Waals surface area contributed by atoms with Gasteiger partial charge in [0.2, 0.25) is 0 Å². The maximum Gasteiger partial charge on any atom is 0.167 e. The second-order valence-corrected chi connectivity index (χ2v) is 3.09. The van der Waals surface area contributed by atoms with Crippen molar-refractivity contribution in [2.24, 2.45) is 0 Å². The standard InChI is InChI=1S/C9H7ClFNO/c10-4-3-8-7-5-6(11)1-2-9(7)13-12-8/h1-2,5H,3-4H2. The average Bonchev–Trinajstić information content (AvgIpc) is 2.49. The number of hydrogen-bond donors (Lipinski definition) is 0. The number of rotatable bonds is 2. The summed E-state index contributed by atoms with van der Waals surface area (Å²) >= 11 is 5.56. The van der Waals surface area contributed by atoms with Gasteiger partial charge in [0.15, 0.2) is 5.58 Å². The predicted octanol–water partition coefficient (Wildman–Crippen LogP) is 2.75. The van der Waals surface area contributed by atoms with Crippen LogP contribution in [0.2, 0.25) is 0 Å². The zero-order chi connectivity index (χ0) is 9.26. The second-order valence-electron chi connectivity index (χ2n) is 2.71. The van der Waals surface area contributed by atoms with Crippen LogP contribution >= 0.6 is 11.6 Å². The molecule has 0 spiro atoms. The summed E-state index contributed by atoms with van der Waals surface area (Å²) in [6, 6.07) is 4.32. The van der Waals surface area contributed by atoms with Gasteiger partial charge in [-0.3, -0.25) is 0 Å². The minimum absolute atomic E-state index is 0.286. The lowest BCUT2D eigenvalue weighted by atomic mass is 10.2. The van der Waals surface area contributed by atoms with Gasteiger partial charge in [-0.2, -0.15) is 0 Å². The van der Waals surface area contributed by atoms with Crippen LogP contribution in [0, 0.1) is 5.82 Å². The fourth-order valence-corrected chi connectivity index (χ4v) is 1.41. The molecule has 1 aromatic heterocycles. The molecule has 68 valence electrons. The zero-order valence-electron chi connectivity index (χ0n) is 6.76. The molecule has 0 unspecified atom stereocenters. The van der Waals surface area contributed by atoms with E-state index in [4.69, 9.17) is 16.1 Å². The molecule has 0 saturated heterocycles. The fraction of sp³-hybridized carbons (Fsp3) is 0.222. The molecule has 0 aliphatic carbocycles. The van der Waals surface area contributed by atoms with Crippen molar-refractivity contribution in [3.05, 3.63) is 29.7 Å². The van der Waals surface area contributed by atoms with Crippen molar-refractivity contribution < 1.29 is 8.91 Å². The number of hydrogen-bond acceptors (Lipinski definition) is 2. The molecule has 0 fully saturated rings. The second kappa shape index (κ2) is 3.34. The van der Waals surface area contributed by atoms with Crippen molar-refractivity contribution in [2.75, 3.05) is 5.88 Å². The summed E-state index contributed by atoms with van der Waals surface area (Å²) in [5, 5.41) is 4.51. The molecular weight excluding hydrogens is 193 g/mol. The largest absolute Gasteiger partial charge is 0.356 e. The highest BCUT2D eigenvalue weighted by Crippen LogP contribution is 2.19. The molecule has 2 rings (SSSR count). The van der Waals surface area contributed by atoms with Crippen LogP contribution in [0.1, 0.15) is 5.69 Å². The van der Waals surface area contributed by atoms with Crippen molar-refractivity contribution in [2.45, 2.75) is 6.42 Å². The topological polar surface area (TPSA) is 26.0 Å². The molecule has 2 nitrogen and oxygen atoms in total. The van der Waals surface area contributed by atoms with Crippen molar-refractivity contribution in [1.82, 2.24) is 5.16 Å². The number of nitrogens with zero attached hydrogens (tertiary/aromatic N) is 1. The number of aryl methyl sites for hydroxylation is 1. The Kier molecular flexibility index (Phi) is 2.19. The monoisotopic (exact) mass is 199 g/mol. The van der Waals surface area contributed by atoms with Gasteiger partial charge in [0, 0.05) is 17.7 Å². The maximum absolute atomic E-state index is 12.8. The predicted molar refractivity (Wildman–Crippen MR) is 48.4 cm³/mol. The van der Waals surface area contributed by atoms with Crippen LogP contribution in [-0.2, 0) is 6.42 Å². The summed E-state index contributed by atoms with van der Waals surface area (Å²) in [6.07, 6.45) is 0.595. The molecule has 0 saturated carbocycles. The summed E-state index contributed by atoms with van der Waals surface area (Å²) in [5.41, 5.74) is 1.31. The Bertz CT molecular complexity index is 426. The molecular formula is C9H7ClFNO. The third kappa shape index (κ3) is 1.52. The Balaban J connectivity index is 2.58. The quantitative estimate of drug-likeness (QED) is 0.696. The lowest BCUT2D eigenvalue weighted by molar-refractivity contribution is 0.447. The number of halogens is 2. The van der Waals surface area contributed by atoms with E-state index in [9.17, 15) is 4.39 Å². The average molecular weight is 200 g/mol. The Morgan fingerprint density at radius 1 is 1.46 bits per heavy atom. The highest BCUT2D eigenvalue weighted by Gasteiger charge is 2.07. The van der Waals surface area contributed by atoms with Crippen LogP contribution in [0.4, 0.5) is 4.39 Å². The molecule has 0 aliphatic heterocycles. The number of aromatic nitrogens is 1. The highest BCUT2D eigenvalue weighted by atomic mass is 35.5. The van der Waals surface area contributed by atoms with Gasteiger partial charge in [-0.25, -0.2) is 4.39 Å². The molecule has 0 amide bonds. The zero-order valence-corrected chi connectivity index (χ0v) is 7.51. The molecule has 13 heavy (non-hydrogen) atoms. The van der Waals surface area contributed by atoms with E-state index in [-0.39, 0.29) is 5.82 Å². The molecule has 0 atom stereocenters. The van der Waals surface area contributed by atoms with Crippen LogP contribution in [-0.4, -0.2) is 11.0 Å². The van der Waals surface area contributed by atoms with E-state index in [0.717, 1.165) is 0 Å². The summed E-state index contributed by atoms with van der Waals surface area (Å²) in [6.45, 7) is 0. The minimum Gasteiger partial charge on any atom is -0.356 e. The Morgan fingerprint density at radius 2 is 2.31 bits per heavy atom. The van der Waals surface area contributed by atoms with Crippen LogP contribution in [0.5, 0.6) is 0 Å². The van der Waals surface area contributed by atoms with E-state index in [1.165, 1.54) is 12.1 Å². The Labute approximate surface area is 79.3 Å². The van der Waals surface area contributed by atoms with Crippen LogP contribution < -0.4 is 0 Å². The van der Waals surface area contributed by atoms with Crippen LogP contribution in [0.3, 0.4) is 0 Å². The first-order valence-electron chi connectivity index (χ1n) is 3.91. The molecule has 1 aromatic carbocycles. The highest BCUT2D eigenvalue weighted by molar-refractivity contribution is 6.18. The fourth-order valence-electron chi connectivity index (χ4n) is 1.23. The molecule has 0 radical (unpaired) electrons. The SMILES string of the molecule is Fc1ccc2onc(CCCl)c2c1. The summed E-state index contributed by atoms with van der Waals surface area (Å²) in [4.78, 5) is 0. The number of alkyl halides is 1. The summed E-state index contributed by atoms with van der Waals surface area (Å²) < 4.78 is 17.8. The smallest absolute Gasteiger partial charge is 0.167 e. The summed E-state index contributed by atoms with van der Waals surface area (Å²) in [7, 11) is 0. The lowest BCUT2D eigenvalue weighted by Gasteiger charge is -1.90. The van der Waals surface area contributed by atoms with Crippen molar-refractivity contribution in [3.63, 3.8) is 0 Å². The van der Waals surface area contributed by atoms with Crippen molar-refractivity contribution in [1.29, 1.82) is 0 Å². The van der Waals surface area contributed by atoms with E-state index in [0.29, 0.717) is 29.0 Å². The molecule has 0 aliphatic rings. The molecule has 4 heteroatoms. The lowest BCUT2D eigenvalue weighted by Crippen LogP contribution is -1.86. The van der Waals surface area contributed by atoms with E-state index in [1.807, 2.05) is 0 Å². The van der Waals surface area contributed by atoms with Gasteiger partial charge in [-0.15, -0.1) is 11.6 Å². The van der Waals surface area contributed by atoms with E-state index >= 15 is 0 Å². The van der Waals surface area contributed by atoms with Gasteiger partial charge in [-0.1, -0.05) is 5.16 Å². The van der Waals surface area contributed by atoms with E-state index < -0.39 is 0 Å². The Hall–Kier alpha value is -1.09. The van der Waals surface area contributed by atoms with Gasteiger partial charge in [0.05, 0.1) is 5.69 Å². The maximum atomic E-state index is 12.8. The molecule has 0 bridgehead atoms. The number of benzene rings is 1. The number of fused-ring (bicyclic) bond motifs is 1. The van der Waals surface area contributed by atoms with E-state index in [1.54, 1.807) is 6.07 Å². The first-order chi connectivity index (χ1) is 6.31. The van der Waals surface area contributed by atoms with Crippen LogP contribution in [0.15, 0.2) is 22.7 Å². The first-order valence-corrected chi connectivity index (χ1v) is 4.44. The summed E-state index contributed by atoms with van der Waals surface area (Å²) in [5.74, 6) is 0.171. The minimum atomic E-state index is -0.286. The van der Waals surface area contributed by atoms with E-state index in [2.05, 4.69) is 5.16 Å².